The van der Waals surface area contributed by atoms with Crippen LogP contribution in [-0.2, 0) is 44.3 Å². The zero-order chi connectivity index (χ0) is 53.0. The van der Waals surface area contributed by atoms with Gasteiger partial charge in [0.25, 0.3) is 0 Å². The number of carbonyl (C=O) groups is 1. The number of phenolic OH excluding ortho intramolecular Hbond substituents is 3. The van der Waals surface area contributed by atoms with Gasteiger partial charge in [-0.05, 0) is 126 Å². The van der Waals surface area contributed by atoms with Crippen LogP contribution in [0.15, 0.2) is 60.7 Å². The predicted octanol–water partition coefficient (Wildman–Crippen LogP) is 8.01. The van der Waals surface area contributed by atoms with Crippen molar-refractivity contribution in [3.8, 4) is 34.5 Å². The number of benzene rings is 3. The number of ether oxygens (including phenoxy) is 3. The Morgan fingerprint density at radius 3 is 1.74 bits per heavy atom. The van der Waals surface area contributed by atoms with Crippen LogP contribution in [0, 0.1) is 17.8 Å². The Morgan fingerprint density at radius 2 is 1.24 bits per heavy atom. The molecule has 3 aromatic carbocycles. The lowest BCUT2D eigenvalue weighted by Gasteiger charge is -2.56. The first-order valence-electron chi connectivity index (χ1n) is 26.9. The van der Waals surface area contributed by atoms with Crippen molar-refractivity contribution in [3.05, 3.63) is 94.1 Å². The van der Waals surface area contributed by atoms with Crippen LogP contribution in [0.5, 0.6) is 34.5 Å². The first kappa shape index (κ1) is 52.7. The van der Waals surface area contributed by atoms with E-state index in [4.69, 9.17) is 31.7 Å². The van der Waals surface area contributed by atoms with E-state index in [0.717, 1.165) is 68.5 Å². The van der Waals surface area contributed by atoms with E-state index in [1.54, 1.807) is 12.1 Å². The van der Waals surface area contributed by atoms with E-state index in [9.17, 15) is 30.3 Å². The molecule has 2 saturated heterocycles. The van der Waals surface area contributed by atoms with E-state index >= 15 is 0 Å². The Balaban J connectivity index is 0.000000122. The number of unbranched alkanes of at least 4 members (excludes halogenated alkanes) is 3. The number of aromatic hydroxyl groups is 3. The van der Waals surface area contributed by atoms with E-state index < -0.39 is 22.6 Å². The zero-order valence-electron chi connectivity index (χ0n) is 43.8. The van der Waals surface area contributed by atoms with Gasteiger partial charge in [-0.15, -0.1) is 0 Å². The van der Waals surface area contributed by atoms with E-state index in [2.05, 4.69) is 76.7 Å². The highest BCUT2D eigenvalue weighted by atomic mass is 32.3. The number of likely N-dealkylation sites (N-methyl/N-ethyl adjacent to an activating group) is 2. The van der Waals surface area contributed by atoms with Crippen LogP contribution in [0.3, 0.4) is 0 Å². The monoisotopic (exact) mass is 1040 g/mol. The molecule has 10 aliphatic rings. The van der Waals surface area contributed by atoms with E-state index in [0.29, 0.717) is 59.8 Å². The highest BCUT2D eigenvalue weighted by molar-refractivity contribution is 7.79. The summed E-state index contributed by atoms with van der Waals surface area (Å²) in [4.78, 5) is 17.0. The molecule has 15 nitrogen and oxygen atoms in total. The maximum absolute atomic E-state index is 12.1. The van der Waals surface area contributed by atoms with Crippen molar-refractivity contribution in [1.82, 2.24) is 9.80 Å². The quantitative estimate of drug-likeness (QED) is 0.0705. The highest BCUT2D eigenvalue weighted by Crippen LogP contribution is 2.64. The summed E-state index contributed by atoms with van der Waals surface area (Å²) in [5.41, 5.74) is 6.25. The third-order valence-corrected chi connectivity index (χ3v) is 19.2. The minimum atomic E-state index is -4.67. The second-order valence-corrected chi connectivity index (χ2v) is 25.0. The van der Waals surface area contributed by atoms with Crippen molar-refractivity contribution in [2.24, 2.45) is 17.8 Å². The third kappa shape index (κ3) is 8.72. The number of likely N-dealkylation sites (tertiary alicyclic amines) is 2. The Hall–Kier alpha value is -4.68. The summed E-state index contributed by atoms with van der Waals surface area (Å²) in [5, 5.41) is 52.2. The molecule has 3 fully saturated rings. The average Bonchev–Trinajstić information content (AvgIpc) is 3.96. The largest absolute Gasteiger partial charge is 0.508 e. The SMILES string of the molecule is CCCCCCC(C)(C)c1cc(O)c2c(c1)OC(C)(C)[C@@H]1CCC(=O)C[C@@H]21.CN1CC[C@]23c4c5ccc(O)c4O[C@H]2[C@@H](O)C=C[C@H]3[C@H]1C5.CN1CC[C@]23c4c5ccc(O)c4O[C@H]2[C@@H](O)C=C[C@H]3[C@H]1C5.O=S(=O)(O)O. The number of aliphatic hydroxyl groups excluding tert-OH is 2. The maximum Gasteiger partial charge on any atom is 0.394 e. The summed E-state index contributed by atoms with van der Waals surface area (Å²) in [6.45, 7) is 13.0. The number of fused-ring (bicyclic) bond motifs is 3. The molecule has 0 amide bonds. The van der Waals surface area contributed by atoms with Gasteiger partial charge in [0.05, 0.1) is 0 Å². The second-order valence-electron chi connectivity index (χ2n) is 24.1. The summed E-state index contributed by atoms with van der Waals surface area (Å²) in [5.74, 6) is 4.13. The molecule has 12 atom stereocenters. The van der Waals surface area contributed by atoms with Gasteiger partial charge in [0.1, 0.15) is 47.3 Å². The van der Waals surface area contributed by atoms with Crippen molar-refractivity contribution in [3.63, 3.8) is 0 Å². The predicted molar refractivity (Wildman–Crippen MR) is 279 cm³/mol. The van der Waals surface area contributed by atoms with Gasteiger partial charge in [-0.25, -0.2) is 0 Å². The molecule has 1 saturated carbocycles. The number of nitrogens with zero attached hydrogens (tertiary/aromatic N) is 2. The van der Waals surface area contributed by atoms with Gasteiger partial charge in [0, 0.05) is 76.1 Å². The fourth-order valence-electron chi connectivity index (χ4n) is 15.6. The van der Waals surface area contributed by atoms with Gasteiger partial charge in [-0.3, -0.25) is 13.9 Å². The molecular weight excluding hydrogens is 965 g/mol. The van der Waals surface area contributed by atoms with Crippen LogP contribution in [0.2, 0.25) is 0 Å². The van der Waals surface area contributed by atoms with Crippen molar-refractivity contribution >= 4 is 16.2 Å². The molecule has 5 heterocycles. The van der Waals surface area contributed by atoms with Gasteiger partial charge in [0.2, 0.25) is 0 Å². The van der Waals surface area contributed by atoms with E-state index in [-0.39, 0.29) is 57.4 Å². The fourth-order valence-corrected chi connectivity index (χ4v) is 15.6. The summed E-state index contributed by atoms with van der Waals surface area (Å²) in [6, 6.07) is 12.5. The van der Waals surface area contributed by atoms with Crippen LogP contribution in [0.1, 0.15) is 138 Å². The second kappa shape index (κ2) is 19.1. The zero-order valence-corrected chi connectivity index (χ0v) is 44.6. The minimum Gasteiger partial charge on any atom is -0.508 e. The minimum absolute atomic E-state index is 0.00696. The standard InChI is InChI=1S/C24H36O3.2C17H19NO3.H2O4S/c1-6-7-8-9-12-23(2,3)16-13-20(26)22-18-15-17(25)10-11-19(18)24(4,5)27-21(22)14-16;2*1-18-7-6-17-10-3-5-13(20)16(17)21-15-12(19)4-2-9(14(15)17)8-11(10)18;1-5(2,3)4/h13-14,18-19,26H,6-12,15H2,1-5H3;2*2-5,10-11,13,16,19-20H,6-8H2,1H3;(H2,1,2,3,4)/t18-,19-;2*10-,11+,13-,16-,17-;/m100./s1. The summed E-state index contributed by atoms with van der Waals surface area (Å²) in [6.07, 6.45) is 18.4. The molecule has 13 rings (SSSR count). The number of aliphatic hydroxyl groups is 2. The van der Waals surface area contributed by atoms with Gasteiger partial charge in [0.15, 0.2) is 23.0 Å². The maximum atomic E-state index is 12.1. The molecule has 74 heavy (non-hydrogen) atoms. The van der Waals surface area contributed by atoms with Crippen molar-refractivity contribution in [1.29, 1.82) is 0 Å². The Morgan fingerprint density at radius 1 is 0.730 bits per heavy atom. The fraction of sp³-hybridized carbons (Fsp3) is 0.603. The van der Waals surface area contributed by atoms with Gasteiger partial charge in [-0.2, -0.15) is 8.42 Å². The van der Waals surface area contributed by atoms with Crippen LogP contribution in [-0.4, -0.2) is 128 Å². The van der Waals surface area contributed by atoms with Crippen molar-refractivity contribution in [2.75, 3.05) is 27.2 Å². The normalized spacial score (nSPS) is 33.7. The molecule has 5 aliphatic carbocycles. The Kier molecular flexibility index (Phi) is 13.6. The number of rotatable bonds is 6. The molecule has 7 N–H and O–H groups in total. The third-order valence-electron chi connectivity index (χ3n) is 19.2. The number of hydrogen-bond acceptors (Lipinski definition) is 13. The number of ketones is 1. The van der Waals surface area contributed by atoms with Gasteiger partial charge in [-0.1, -0.05) is 82.9 Å². The van der Waals surface area contributed by atoms with Crippen LogP contribution >= 0.6 is 0 Å². The first-order valence-corrected chi connectivity index (χ1v) is 28.3. The lowest BCUT2D eigenvalue weighted by atomic mass is 9.53. The van der Waals surface area contributed by atoms with Gasteiger partial charge >= 0.3 is 10.4 Å². The average molecular weight is 1040 g/mol. The number of Topliss-reactive ketones (excluding diaryl/α,β-unsaturated/α-hetero) is 1. The smallest absolute Gasteiger partial charge is 0.394 e. The van der Waals surface area contributed by atoms with Crippen molar-refractivity contribution < 1.29 is 62.1 Å². The number of piperidine rings is 2. The first-order chi connectivity index (χ1) is 34.9. The Bertz CT molecular complexity index is 2740. The molecular formula is C58H76N2O13S. The molecule has 2 spiro atoms. The molecule has 0 aromatic heterocycles. The van der Waals surface area contributed by atoms with Crippen molar-refractivity contribution in [2.45, 2.75) is 176 Å². The van der Waals surface area contributed by atoms with E-state index in [1.807, 2.05) is 30.4 Å². The summed E-state index contributed by atoms with van der Waals surface area (Å²) < 4.78 is 50.2. The van der Waals surface area contributed by atoms with Crippen LogP contribution < -0.4 is 14.2 Å². The molecule has 4 bridgehead atoms. The number of carbonyl (C=O) groups excluding carboxylic acids is 1. The molecule has 5 aliphatic heterocycles. The topological polar surface area (TPSA) is 227 Å². The highest BCUT2D eigenvalue weighted by Gasteiger charge is 2.66. The summed E-state index contributed by atoms with van der Waals surface area (Å²) in [7, 11) is -0.291. The van der Waals surface area contributed by atoms with E-state index in [1.165, 1.54) is 47.9 Å². The Labute approximate surface area is 435 Å². The molecule has 402 valence electrons. The molecule has 0 unspecified atom stereocenters. The number of phenols is 3. The van der Waals surface area contributed by atoms with Crippen LogP contribution in [0.25, 0.3) is 0 Å². The molecule has 3 aromatic rings. The molecule has 16 heteroatoms. The summed E-state index contributed by atoms with van der Waals surface area (Å²) >= 11 is 0. The van der Waals surface area contributed by atoms with Crippen LogP contribution in [0.4, 0.5) is 0 Å². The number of hydrogen-bond donors (Lipinski definition) is 7. The van der Waals surface area contributed by atoms with Gasteiger partial charge < -0.3 is 49.5 Å². The molecule has 0 radical (unpaired) electrons. The lowest BCUT2D eigenvalue weighted by Crippen LogP contribution is -2.64. The lowest BCUT2D eigenvalue weighted by molar-refractivity contribution is -0.124.